The number of nitrogens with zero attached hydrogens (tertiary/aromatic N) is 1. The number of nitrogens with one attached hydrogen (secondary N) is 2. The van der Waals surface area contributed by atoms with Crippen LogP contribution in [-0.4, -0.2) is 74.8 Å². The highest BCUT2D eigenvalue weighted by atomic mass is 16.5. The van der Waals surface area contributed by atoms with Crippen molar-refractivity contribution in [2.75, 3.05) is 39.2 Å². The van der Waals surface area contributed by atoms with Crippen molar-refractivity contribution in [3.05, 3.63) is 23.8 Å². The standard InChI is InChI=1S/C23H33N3O6/c1-4-5-21(27)25-15-6-9-19-17(12-15)23(29)26(2)18-8-7-16(32-20(18)14-31-19)13-22(28)24-10-11-30-3/h6,9,12,16,18,20H,4-5,7-8,10-11,13-14H2,1-3H3,(H,24,28)(H,25,27)/t16-,18+,20-/m1/s1. The summed E-state index contributed by atoms with van der Waals surface area (Å²) in [4.78, 5) is 39.0. The Balaban J connectivity index is 1.67. The smallest absolute Gasteiger partial charge is 0.257 e. The van der Waals surface area contributed by atoms with Gasteiger partial charge in [0.1, 0.15) is 18.5 Å². The zero-order valence-electron chi connectivity index (χ0n) is 19.0. The average molecular weight is 448 g/mol. The van der Waals surface area contributed by atoms with E-state index in [4.69, 9.17) is 14.2 Å². The van der Waals surface area contributed by atoms with Crippen molar-refractivity contribution >= 4 is 23.4 Å². The molecule has 2 N–H and O–H groups in total. The van der Waals surface area contributed by atoms with E-state index in [1.54, 1.807) is 37.3 Å². The van der Waals surface area contributed by atoms with E-state index in [1.807, 2.05) is 6.92 Å². The van der Waals surface area contributed by atoms with Crippen molar-refractivity contribution in [2.24, 2.45) is 0 Å². The lowest BCUT2D eigenvalue weighted by Crippen LogP contribution is -2.54. The fraction of sp³-hybridized carbons (Fsp3) is 0.609. The number of amides is 3. The number of methoxy groups -OCH3 is 1. The topological polar surface area (TPSA) is 106 Å². The summed E-state index contributed by atoms with van der Waals surface area (Å²) >= 11 is 0. The second kappa shape index (κ2) is 11.3. The second-order valence-electron chi connectivity index (χ2n) is 8.22. The molecule has 2 aliphatic heterocycles. The van der Waals surface area contributed by atoms with Crippen LogP contribution in [0.1, 0.15) is 49.4 Å². The lowest BCUT2D eigenvalue weighted by atomic mass is 9.94. The van der Waals surface area contributed by atoms with E-state index >= 15 is 0 Å². The Morgan fingerprint density at radius 1 is 1.25 bits per heavy atom. The molecule has 3 amide bonds. The zero-order chi connectivity index (χ0) is 23.1. The third-order valence-corrected chi connectivity index (χ3v) is 5.81. The number of rotatable bonds is 8. The molecule has 0 aliphatic carbocycles. The van der Waals surface area contributed by atoms with Gasteiger partial charge in [0, 0.05) is 32.8 Å². The fourth-order valence-corrected chi connectivity index (χ4v) is 4.13. The molecule has 0 radical (unpaired) electrons. The van der Waals surface area contributed by atoms with Gasteiger partial charge in [0.25, 0.3) is 5.91 Å². The van der Waals surface area contributed by atoms with E-state index in [0.29, 0.717) is 49.4 Å². The average Bonchev–Trinajstić information content (AvgIpc) is 2.77. The summed E-state index contributed by atoms with van der Waals surface area (Å²) in [5.41, 5.74) is 0.990. The summed E-state index contributed by atoms with van der Waals surface area (Å²) in [6.45, 7) is 3.14. The Bertz CT molecular complexity index is 830. The molecule has 3 rings (SSSR count). The number of ether oxygens (including phenoxy) is 3. The molecule has 32 heavy (non-hydrogen) atoms. The first-order valence-corrected chi connectivity index (χ1v) is 11.2. The number of carbonyl (C=O) groups is 3. The predicted octanol–water partition coefficient (Wildman–Crippen LogP) is 1.96. The number of fused-ring (bicyclic) bond motifs is 2. The minimum absolute atomic E-state index is 0.0790. The molecule has 1 aromatic rings. The summed E-state index contributed by atoms with van der Waals surface area (Å²) in [7, 11) is 3.35. The van der Waals surface area contributed by atoms with E-state index in [-0.39, 0.29) is 49.0 Å². The Kier molecular flexibility index (Phi) is 8.46. The van der Waals surface area contributed by atoms with Crippen LogP contribution in [0.25, 0.3) is 0 Å². The first-order valence-electron chi connectivity index (χ1n) is 11.2. The van der Waals surface area contributed by atoms with E-state index in [2.05, 4.69) is 10.6 Å². The third kappa shape index (κ3) is 5.98. The van der Waals surface area contributed by atoms with Gasteiger partial charge in [0.15, 0.2) is 0 Å². The van der Waals surface area contributed by atoms with Crippen molar-refractivity contribution < 1.29 is 28.6 Å². The molecule has 0 saturated carbocycles. The van der Waals surface area contributed by atoms with Gasteiger partial charge in [-0.2, -0.15) is 0 Å². The molecule has 0 bridgehead atoms. The minimum Gasteiger partial charge on any atom is -0.490 e. The van der Waals surface area contributed by atoms with Gasteiger partial charge in [0.05, 0.1) is 30.7 Å². The van der Waals surface area contributed by atoms with Gasteiger partial charge in [-0.15, -0.1) is 0 Å². The maximum Gasteiger partial charge on any atom is 0.257 e. The number of anilines is 1. The molecule has 0 unspecified atom stereocenters. The molecule has 176 valence electrons. The summed E-state index contributed by atoms with van der Waals surface area (Å²) < 4.78 is 17.1. The molecule has 1 saturated heterocycles. The maximum absolute atomic E-state index is 13.2. The quantitative estimate of drug-likeness (QED) is 0.590. The van der Waals surface area contributed by atoms with E-state index in [1.165, 1.54) is 0 Å². The van der Waals surface area contributed by atoms with Crippen LogP contribution in [0, 0.1) is 0 Å². The van der Waals surface area contributed by atoms with Gasteiger partial charge in [-0.05, 0) is 37.5 Å². The fourth-order valence-electron chi connectivity index (χ4n) is 4.13. The maximum atomic E-state index is 13.2. The lowest BCUT2D eigenvalue weighted by Gasteiger charge is -2.42. The molecule has 2 heterocycles. The number of benzene rings is 1. The highest BCUT2D eigenvalue weighted by Crippen LogP contribution is 2.32. The highest BCUT2D eigenvalue weighted by molar-refractivity contribution is 5.99. The minimum atomic E-state index is -0.327. The van der Waals surface area contributed by atoms with E-state index < -0.39 is 0 Å². The molecule has 3 atom stereocenters. The van der Waals surface area contributed by atoms with Crippen LogP contribution < -0.4 is 15.4 Å². The number of carbonyl (C=O) groups excluding carboxylic acids is 3. The number of hydrogen-bond donors (Lipinski definition) is 2. The second-order valence-corrected chi connectivity index (χ2v) is 8.22. The van der Waals surface area contributed by atoms with Crippen LogP contribution in [0.3, 0.4) is 0 Å². The molecule has 0 spiro atoms. The first-order chi connectivity index (χ1) is 15.4. The summed E-state index contributed by atoms with van der Waals surface area (Å²) in [5, 5.41) is 5.64. The van der Waals surface area contributed by atoms with Crippen LogP contribution in [0.15, 0.2) is 18.2 Å². The number of likely N-dealkylation sites (N-methyl/N-ethyl adjacent to an activating group) is 1. The van der Waals surface area contributed by atoms with Crippen molar-refractivity contribution in [1.29, 1.82) is 0 Å². The van der Waals surface area contributed by atoms with E-state index in [0.717, 1.165) is 6.42 Å². The molecule has 9 heteroatoms. The SMILES string of the molecule is CCCC(=O)Nc1ccc2c(c1)C(=O)N(C)[C@H]1CC[C@H](CC(=O)NCCOC)O[C@@H]1CO2. The molecular weight excluding hydrogens is 414 g/mol. The highest BCUT2D eigenvalue weighted by Gasteiger charge is 2.39. The Morgan fingerprint density at radius 2 is 2.06 bits per heavy atom. The van der Waals surface area contributed by atoms with Crippen molar-refractivity contribution in [1.82, 2.24) is 10.2 Å². The summed E-state index contributed by atoms with van der Waals surface area (Å²) in [5.74, 6) is 0.111. The molecule has 0 aromatic heterocycles. The molecule has 2 aliphatic rings. The van der Waals surface area contributed by atoms with Gasteiger partial charge >= 0.3 is 0 Å². The molecule has 1 aromatic carbocycles. The van der Waals surface area contributed by atoms with Gasteiger partial charge in [-0.25, -0.2) is 0 Å². The Labute approximate surface area is 188 Å². The first kappa shape index (κ1) is 24.0. The Morgan fingerprint density at radius 3 is 2.81 bits per heavy atom. The lowest BCUT2D eigenvalue weighted by molar-refractivity contribution is -0.134. The predicted molar refractivity (Wildman–Crippen MR) is 119 cm³/mol. The zero-order valence-corrected chi connectivity index (χ0v) is 19.0. The molecule has 1 fully saturated rings. The van der Waals surface area contributed by atoms with Crippen LogP contribution in [0.4, 0.5) is 5.69 Å². The van der Waals surface area contributed by atoms with Crippen LogP contribution >= 0.6 is 0 Å². The van der Waals surface area contributed by atoms with Crippen molar-refractivity contribution in [3.63, 3.8) is 0 Å². The van der Waals surface area contributed by atoms with E-state index in [9.17, 15) is 14.4 Å². The summed E-state index contributed by atoms with van der Waals surface area (Å²) in [6.07, 6.45) is 2.29. The largest absolute Gasteiger partial charge is 0.490 e. The number of hydrogen-bond acceptors (Lipinski definition) is 6. The van der Waals surface area contributed by atoms with Gasteiger partial charge in [-0.1, -0.05) is 6.92 Å². The molecular formula is C23H33N3O6. The monoisotopic (exact) mass is 447 g/mol. The third-order valence-electron chi connectivity index (χ3n) is 5.81. The van der Waals surface area contributed by atoms with Crippen LogP contribution in [0.2, 0.25) is 0 Å². The summed E-state index contributed by atoms with van der Waals surface area (Å²) in [6, 6.07) is 4.95. The van der Waals surface area contributed by atoms with Crippen molar-refractivity contribution in [3.8, 4) is 5.75 Å². The van der Waals surface area contributed by atoms with Crippen LogP contribution in [0.5, 0.6) is 5.75 Å². The molecule has 9 nitrogen and oxygen atoms in total. The van der Waals surface area contributed by atoms with Gasteiger partial charge < -0.3 is 29.7 Å². The normalized spacial score (nSPS) is 22.7. The van der Waals surface area contributed by atoms with Crippen molar-refractivity contribution in [2.45, 2.75) is 57.3 Å². The van der Waals surface area contributed by atoms with Gasteiger partial charge in [0.2, 0.25) is 11.8 Å². The van der Waals surface area contributed by atoms with Gasteiger partial charge in [-0.3, -0.25) is 14.4 Å². The van der Waals surface area contributed by atoms with Crippen LogP contribution in [-0.2, 0) is 19.1 Å². The Hall–Kier alpha value is -2.65.